The first-order valence-electron chi connectivity index (χ1n) is 8.74. The fourth-order valence-corrected chi connectivity index (χ4v) is 3.70. The number of aliphatic carboxylic acids is 1. The summed E-state index contributed by atoms with van der Waals surface area (Å²) >= 11 is 0. The SMILES string of the molecule is CC1CCC(C(=O)O)(N(C)C(=O)OCc2ccccc2)c2ccccc21. The smallest absolute Gasteiger partial charge is 0.411 e. The van der Waals surface area contributed by atoms with E-state index in [4.69, 9.17) is 4.74 Å². The molecule has 2 aromatic rings. The molecule has 0 spiro atoms. The first kappa shape index (κ1) is 18.0. The van der Waals surface area contributed by atoms with E-state index in [0.717, 1.165) is 11.1 Å². The Bertz CT molecular complexity index is 805. The van der Waals surface area contributed by atoms with Gasteiger partial charge in [-0.2, -0.15) is 0 Å². The van der Waals surface area contributed by atoms with Crippen LogP contribution in [0.15, 0.2) is 54.6 Å². The van der Waals surface area contributed by atoms with Crippen molar-refractivity contribution in [2.45, 2.75) is 37.8 Å². The van der Waals surface area contributed by atoms with Gasteiger partial charge in [0.05, 0.1) is 0 Å². The van der Waals surface area contributed by atoms with Gasteiger partial charge in [0, 0.05) is 7.05 Å². The standard InChI is InChI=1S/C21H23NO4/c1-15-12-13-21(19(23)24,18-11-7-6-10-17(15)18)22(2)20(25)26-14-16-8-4-3-5-9-16/h3-11,15H,12-14H2,1-2H3,(H,23,24). The Kier molecular flexibility index (Phi) is 4.98. The predicted octanol–water partition coefficient (Wildman–Crippen LogP) is 4.13. The zero-order valence-electron chi connectivity index (χ0n) is 15.0. The number of fused-ring (bicyclic) bond motifs is 1. The van der Waals surface area contributed by atoms with Gasteiger partial charge in [-0.1, -0.05) is 61.5 Å². The highest BCUT2D eigenvalue weighted by Crippen LogP contribution is 2.44. The number of carboxylic acid groups (broad SMARTS) is 1. The lowest BCUT2D eigenvalue weighted by Gasteiger charge is -2.43. The zero-order chi connectivity index (χ0) is 18.7. The van der Waals surface area contributed by atoms with Crippen LogP contribution >= 0.6 is 0 Å². The molecule has 5 heteroatoms. The van der Waals surface area contributed by atoms with E-state index in [2.05, 4.69) is 6.92 Å². The van der Waals surface area contributed by atoms with Crippen LogP contribution in [0.3, 0.4) is 0 Å². The number of nitrogens with zero attached hydrogens (tertiary/aromatic N) is 1. The molecule has 0 fully saturated rings. The maximum atomic E-state index is 12.7. The Balaban J connectivity index is 1.89. The molecule has 1 amide bonds. The van der Waals surface area contributed by atoms with Crippen molar-refractivity contribution in [3.05, 3.63) is 71.3 Å². The van der Waals surface area contributed by atoms with E-state index in [1.165, 1.54) is 11.9 Å². The topological polar surface area (TPSA) is 66.8 Å². The summed E-state index contributed by atoms with van der Waals surface area (Å²) in [5, 5.41) is 10.1. The summed E-state index contributed by atoms with van der Waals surface area (Å²) in [6.07, 6.45) is 0.414. The lowest BCUT2D eigenvalue weighted by Crippen LogP contribution is -2.54. The number of carboxylic acids is 1. The summed E-state index contributed by atoms with van der Waals surface area (Å²) in [7, 11) is 1.51. The first-order chi connectivity index (χ1) is 12.5. The molecule has 2 aromatic carbocycles. The van der Waals surface area contributed by atoms with E-state index in [1.54, 1.807) is 6.07 Å². The van der Waals surface area contributed by atoms with Gasteiger partial charge in [0.1, 0.15) is 6.61 Å². The molecule has 0 bridgehead atoms. The normalized spacial score (nSPS) is 21.5. The van der Waals surface area contributed by atoms with E-state index in [1.807, 2.05) is 48.5 Å². The molecule has 0 aromatic heterocycles. The summed E-state index contributed by atoms with van der Waals surface area (Å²) in [6.45, 7) is 2.19. The van der Waals surface area contributed by atoms with Gasteiger partial charge < -0.3 is 9.84 Å². The van der Waals surface area contributed by atoms with Crippen LogP contribution in [0.5, 0.6) is 0 Å². The molecule has 1 N–H and O–H groups in total. The maximum Gasteiger partial charge on any atom is 0.411 e. The minimum atomic E-state index is -1.41. The number of rotatable bonds is 4. The number of benzene rings is 2. The molecule has 0 saturated carbocycles. The minimum Gasteiger partial charge on any atom is -0.479 e. The third kappa shape index (κ3) is 3.05. The van der Waals surface area contributed by atoms with Crippen LogP contribution in [0.25, 0.3) is 0 Å². The predicted molar refractivity (Wildman–Crippen MR) is 97.8 cm³/mol. The average Bonchev–Trinajstić information content (AvgIpc) is 2.67. The number of likely N-dealkylation sites (N-methyl/N-ethyl adjacent to an activating group) is 1. The summed E-state index contributed by atoms with van der Waals surface area (Å²) in [5.41, 5.74) is 1.10. The quantitative estimate of drug-likeness (QED) is 0.897. The van der Waals surface area contributed by atoms with Crippen LogP contribution in [0, 0.1) is 0 Å². The van der Waals surface area contributed by atoms with E-state index in [0.29, 0.717) is 18.4 Å². The Hall–Kier alpha value is -2.82. The number of carbonyl (C=O) groups is 2. The summed E-state index contributed by atoms with van der Waals surface area (Å²) in [4.78, 5) is 26.2. The van der Waals surface area contributed by atoms with Crippen molar-refractivity contribution in [3.8, 4) is 0 Å². The second-order valence-corrected chi connectivity index (χ2v) is 6.79. The van der Waals surface area contributed by atoms with E-state index >= 15 is 0 Å². The largest absolute Gasteiger partial charge is 0.479 e. The van der Waals surface area contributed by atoms with Crippen molar-refractivity contribution in [2.75, 3.05) is 7.05 Å². The molecule has 136 valence electrons. The van der Waals surface area contributed by atoms with E-state index in [-0.39, 0.29) is 12.5 Å². The summed E-state index contributed by atoms with van der Waals surface area (Å²) in [6, 6.07) is 16.8. The molecular formula is C21H23NO4. The van der Waals surface area contributed by atoms with Crippen LogP contribution in [0.4, 0.5) is 4.79 Å². The van der Waals surface area contributed by atoms with Gasteiger partial charge in [0.25, 0.3) is 0 Å². The highest BCUT2D eigenvalue weighted by atomic mass is 16.6. The molecule has 3 rings (SSSR count). The van der Waals surface area contributed by atoms with Gasteiger partial charge in [-0.05, 0) is 35.4 Å². The molecule has 5 nitrogen and oxygen atoms in total. The number of hydrogen-bond acceptors (Lipinski definition) is 3. The van der Waals surface area contributed by atoms with Crippen LogP contribution in [-0.4, -0.2) is 29.1 Å². The third-order valence-electron chi connectivity index (χ3n) is 5.28. The lowest BCUT2D eigenvalue weighted by atomic mass is 9.71. The van der Waals surface area contributed by atoms with Crippen molar-refractivity contribution in [1.82, 2.24) is 4.90 Å². The van der Waals surface area contributed by atoms with Gasteiger partial charge in [-0.3, -0.25) is 4.90 Å². The number of carbonyl (C=O) groups excluding carboxylic acids is 1. The highest BCUT2D eigenvalue weighted by molar-refractivity contribution is 5.86. The molecule has 1 aliphatic rings. The maximum absolute atomic E-state index is 12.7. The summed E-state index contributed by atoms with van der Waals surface area (Å²) < 4.78 is 5.38. The Labute approximate surface area is 153 Å². The van der Waals surface area contributed by atoms with Gasteiger partial charge in [0.2, 0.25) is 0 Å². The van der Waals surface area contributed by atoms with E-state index in [9.17, 15) is 14.7 Å². The van der Waals surface area contributed by atoms with Gasteiger partial charge in [-0.15, -0.1) is 0 Å². The van der Waals surface area contributed by atoms with Crippen molar-refractivity contribution in [1.29, 1.82) is 0 Å². The second kappa shape index (κ2) is 7.20. The number of hydrogen-bond donors (Lipinski definition) is 1. The van der Waals surface area contributed by atoms with Crippen LogP contribution in [0.1, 0.15) is 42.4 Å². The molecule has 26 heavy (non-hydrogen) atoms. The summed E-state index contributed by atoms with van der Waals surface area (Å²) in [5.74, 6) is -0.775. The van der Waals surface area contributed by atoms with Gasteiger partial charge in [-0.25, -0.2) is 9.59 Å². The van der Waals surface area contributed by atoms with Crippen LogP contribution in [-0.2, 0) is 21.7 Å². The molecule has 2 unspecified atom stereocenters. The molecule has 0 saturated heterocycles. The van der Waals surface area contributed by atoms with Crippen LogP contribution in [0.2, 0.25) is 0 Å². The monoisotopic (exact) mass is 353 g/mol. The van der Waals surface area contributed by atoms with Crippen LogP contribution < -0.4 is 0 Å². The fraction of sp³-hybridized carbons (Fsp3) is 0.333. The molecule has 0 radical (unpaired) electrons. The number of amides is 1. The third-order valence-corrected chi connectivity index (χ3v) is 5.28. The number of ether oxygens (including phenoxy) is 1. The van der Waals surface area contributed by atoms with Gasteiger partial charge in [0.15, 0.2) is 5.54 Å². The zero-order valence-corrected chi connectivity index (χ0v) is 15.0. The molecule has 0 heterocycles. The Morgan fingerprint density at radius 2 is 1.81 bits per heavy atom. The molecule has 1 aliphatic carbocycles. The first-order valence-corrected chi connectivity index (χ1v) is 8.74. The average molecular weight is 353 g/mol. The fourth-order valence-electron chi connectivity index (χ4n) is 3.70. The van der Waals surface area contributed by atoms with Crippen molar-refractivity contribution >= 4 is 12.1 Å². The molecule has 2 atom stereocenters. The van der Waals surface area contributed by atoms with Crippen molar-refractivity contribution in [3.63, 3.8) is 0 Å². The Morgan fingerprint density at radius 3 is 2.50 bits per heavy atom. The molecular weight excluding hydrogens is 330 g/mol. The van der Waals surface area contributed by atoms with Crippen molar-refractivity contribution < 1.29 is 19.4 Å². The Morgan fingerprint density at radius 1 is 1.15 bits per heavy atom. The van der Waals surface area contributed by atoms with Crippen molar-refractivity contribution in [2.24, 2.45) is 0 Å². The molecule has 0 aliphatic heterocycles. The van der Waals surface area contributed by atoms with Gasteiger partial charge >= 0.3 is 12.1 Å². The lowest BCUT2D eigenvalue weighted by molar-refractivity contribution is -0.152. The highest BCUT2D eigenvalue weighted by Gasteiger charge is 2.50. The second-order valence-electron chi connectivity index (χ2n) is 6.79. The minimum absolute atomic E-state index is 0.109. The van der Waals surface area contributed by atoms with E-state index < -0.39 is 17.6 Å².